The van der Waals surface area contributed by atoms with E-state index in [1.807, 2.05) is 30.3 Å². The van der Waals surface area contributed by atoms with Gasteiger partial charge in [0.15, 0.2) is 11.4 Å². The Morgan fingerprint density at radius 1 is 1.03 bits per heavy atom. The molecule has 4 aromatic rings. The second kappa shape index (κ2) is 6.48. The molecule has 0 saturated heterocycles. The van der Waals surface area contributed by atoms with Crippen molar-refractivity contribution in [1.29, 1.82) is 0 Å². The molecule has 2 aromatic heterocycles. The van der Waals surface area contributed by atoms with E-state index in [0.29, 0.717) is 40.8 Å². The standard InChI is InChI=1S/C22H16F2N4O/c23-14-8-15(24)10-16(9-14)28-22-17(11-26-28)21(25)20-18(27-22)6-13(7-19(20)29)12-4-2-1-3-5-12/h1-5,8-11,13H,6-7H2,(H2,25,27). The first kappa shape index (κ1) is 17.5. The number of carbonyl (C=O) groups excluding carboxylic acids is 1. The molecule has 1 aliphatic carbocycles. The fraction of sp³-hybridized carbons (Fsp3) is 0.136. The number of Topliss-reactive ketones (excluding diaryl/α,β-unsaturated/α-hetero) is 1. The van der Waals surface area contributed by atoms with Crippen LogP contribution in [0.2, 0.25) is 0 Å². The van der Waals surface area contributed by atoms with Gasteiger partial charge in [0.05, 0.1) is 34.2 Å². The minimum atomic E-state index is -0.714. The molecule has 29 heavy (non-hydrogen) atoms. The van der Waals surface area contributed by atoms with E-state index in [9.17, 15) is 13.6 Å². The van der Waals surface area contributed by atoms with Crippen LogP contribution in [0, 0.1) is 11.6 Å². The van der Waals surface area contributed by atoms with Gasteiger partial charge in [-0.05, 0) is 30.0 Å². The van der Waals surface area contributed by atoms with E-state index >= 15 is 0 Å². The number of nitrogen functional groups attached to an aromatic ring is 1. The maximum absolute atomic E-state index is 13.7. The molecule has 1 aliphatic rings. The monoisotopic (exact) mass is 390 g/mol. The zero-order valence-electron chi connectivity index (χ0n) is 15.3. The Morgan fingerprint density at radius 2 is 1.76 bits per heavy atom. The lowest BCUT2D eigenvalue weighted by molar-refractivity contribution is 0.0964. The van der Waals surface area contributed by atoms with Crippen molar-refractivity contribution in [3.8, 4) is 5.69 Å². The molecule has 7 heteroatoms. The summed E-state index contributed by atoms with van der Waals surface area (Å²) in [5.74, 6) is -1.48. The van der Waals surface area contributed by atoms with Gasteiger partial charge in [-0.2, -0.15) is 5.10 Å². The normalized spacial score (nSPS) is 16.2. The van der Waals surface area contributed by atoms with Crippen LogP contribution in [0.5, 0.6) is 0 Å². The minimum absolute atomic E-state index is 0.00327. The number of aromatic nitrogens is 3. The third kappa shape index (κ3) is 2.86. The molecule has 2 N–H and O–H groups in total. The van der Waals surface area contributed by atoms with Crippen molar-refractivity contribution >= 4 is 22.5 Å². The van der Waals surface area contributed by atoms with Gasteiger partial charge in [0, 0.05) is 12.5 Å². The minimum Gasteiger partial charge on any atom is -0.397 e. The fourth-order valence-electron chi connectivity index (χ4n) is 4.02. The number of hydrogen-bond acceptors (Lipinski definition) is 4. The summed E-state index contributed by atoms with van der Waals surface area (Å²) in [4.78, 5) is 17.5. The molecule has 0 spiro atoms. The summed E-state index contributed by atoms with van der Waals surface area (Å²) >= 11 is 0. The molecule has 1 unspecified atom stereocenters. The maximum atomic E-state index is 13.7. The lowest BCUT2D eigenvalue weighted by Gasteiger charge is -2.24. The number of ketones is 1. The SMILES string of the molecule is Nc1c2c(nc3c1cnn3-c1cc(F)cc(F)c1)CC(c1ccccc1)CC2=O. The van der Waals surface area contributed by atoms with Crippen LogP contribution in [0.25, 0.3) is 16.7 Å². The smallest absolute Gasteiger partial charge is 0.167 e. The van der Waals surface area contributed by atoms with E-state index in [4.69, 9.17) is 5.73 Å². The average molecular weight is 390 g/mol. The molecule has 144 valence electrons. The van der Waals surface area contributed by atoms with E-state index in [-0.39, 0.29) is 17.4 Å². The number of carbonyl (C=O) groups is 1. The molecule has 0 radical (unpaired) electrons. The first-order valence-electron chi connectivity index (χ1n) is 9.22. The van der Waals surface area contributed by atoms with Crippen molar-refractivity contribution < 1.29 is 13.6 Å². The van der Waals surface area contributed by atoms with Crippen molar-refractivity contribution in [3.05, 3.63) is 83.2 Å². The number of anilines is 1. The highest BCUT2D eigenvalue weighted by atomic mass is 19.1. The molecule has 2 heterocycles. The Labute approximate surface area is 164 Å². The van der Waals surface area contributed by atoms with Gasteiger partial charge in [0.25, 0.3) is 0 Å². The quantitative estimate of drug-likeness (QED) is 0.557. The van der Waals surface area contributed by atoms with Crippen molar-refractivity contribution in [2.45, 2.75) is 18.8 Å². The van der Waals surface area contributed by atoms with E-state index in [2.05, 4.69) is 10.1 Å². The molecule has 0 bridgehead atoms. The summed E-state index contributed by atoms with van der Waals surface area (Å²) in [5, 5.41) is 4.70. The lowest BCUT2D eigenvalue weighted by Crippen LogP contribution is -2.22. The summed E-state index contributed by atoms with van der Waals surface area (Å²) in [5.41, 5.74) is 9.25. The Bertz CT molecular complexity index is 1250. The summed E-state index contributed by atoms with van der Waals surface area (Å²) < 4.78 is 28.7. The number of hydrogen-bond donors (Lipinski definition) is 1. The van der Waals surface area contributed by atoms with Crippen LogP contribution >= 0.6 is 0 Å². The molecule has 1 atom stereocenters. The second-order valence-corrected chi connectivity index (χ2v) is 7.21. The number of halogens is 2. The number of fused-ring (bicyclic) bond motifs is 2. The molecule has 2 aromatic carbocycles. The lowest BCUT2D eigenvalue weighted by atomic mass is 9.81. The maximum Gasteiger partial charge on any atom is 0.167 e. The topological polar surface area (TPSA) is 73.8 Å². The van der Waals surface area contributed by atoms with E-state index in [1.54, 1.807) is 0 Å². The number of pyridine rings is 1. The molecule has 0 fully saturated rings. The Balaban J connectivity index is 1.67. The van der Waals surface area contributed by atoms with Gasteiger partial charge in [-0.15, -0.1) is 0 Å². The van der Waals surface area contributed by atoms with Gasteiger partial charge >= 0.3 is 0 Å². The van der Waals surface area contributed by atoms with Crippen LogP contribution in [-0.4, -0.2) is 20.5 Å². The third-order valence-corrected chi connectivity index (χ3v) is 5.35. The predicted molar refractivity (Wildman–Crippen MR) is 105 cm³/mol. The third-order valence-electron chi connectivity index (χ3n) is 5.35. The summed E-state index contributed by atoms with van der Waals surface area (Å²) in [6, 6.07) is 12.9. The van der Waals surface area contributed by atoms with Crippen LogP contribution < -0.4 is 5.73 Å². The average Bonchev–Trinajstić information content (AvgIpc) is 3.12. The number of nitrogens with zero attached hydrogens (tertiary/aromatic N) is 3. The fourth-order valence-corrected chi connectivity index (χ4v) is 4.02. The number of rotatable bonds is 2. The van der Waals surface area contributed by atoms with Gasteiger partial charge in [0.1, 0.15) is 11.6 Å². The summed E-state index contributed by atoms with van der Waals surface area (Å²) in [6.07, 6.45) is 2.38. The van der Waals surface area contributed by atoms with Crippen LogP contribution in [0.1, 0.15) is 34.0 Å². The predicted octanol–water partition coefficient (Wildman–Crippen LogP) is 4.19. The Hall–Kier alpha value is -3.61. The highest BCUT2D eigenvalue weighted by molar-refractivity contribution is 6.09. The van der Waals surface area contributed by atoms with E-state index < -0.39 is 11.6 Å². The number of nitrogens with two attached hydrogens (primary N) is 1. The molecule has 0 saturated carbocycles. The van der Waals surface area contributed by atoms with Crippen molar-refractivity contribution in [1.82, 2.24) is 14.8 Å². The van der Waals surface area contributed by atoms with Crippen LogP contribution in [0.3, 0.4) is 0 Å². The molecule has 5 rings (SSSR count). The van der Waals surface area contributed by atoms with Gasteiger partial charge in [0.2, 0.25) is 0 Å². The zero-order valence-corrected chi connectivity index (χ0v) is 15.3. The van der Waals surface area contributed by atoms with Crippen LogP contribution in [0.4, 0.5) is 14.5 Å². The number of benzene rings is 2. The van der Waals surface area contributed by atoms with Crippen molar-refractivity contribution in [2.75, 3.05) is 5.73 Å². The highest BCUT2D eigenvalue weighted by Crippen LogP contribution is 2.37. The summed E-state index contributed by atoms with van der Waals surface area (Å²) in [6.45, 7) is 0. The molecule has 5 nitrogen and oxygen atoms in total. The molecular weight excluding hydrogens is 374 g/mol. The second-order valence-electron chi connectivity index (χ2n) is 7.21. The van der Waals surface area contributed by atoms with E-state index in [1.165, 1.54) is 23.0 Å². The Kier molecular flexibility index (Phi) is 3.91. The first-order chi connectivity index (χ1) is 14.0. The van der Waals surface area contributed by atoms with Gasteiger partial charge < -0.3 is 5.73 Å². The zero-order chi connectivity index (χ0) is 20.1. The molecule has 0 amide bonds. The van der Waals surface area contributed by atoms with Crippen LogP contribution in [-0.2, 0) is 6.42 Å². The van der Waals surface area contributed by atoms with Crippen molar-refractivity contribution in [3.63, 3.8) is 0 Å². The van der Waals surface area contributed by atoms with Gasteiger partial charge in [-0.1, -0.05) is 30.3 Å². The first-order valence-corrected chi connectivity index (χ1v) is 9.22. The van der Waals surface area contributed by atoms with Gasteiger partial charge in [-0.3, -0.25) is 4.79 Å². The van der Waals surface area contributed by atoms with Gasteiger partial charge in [-0.25, -0.2) is 18.4 Å². The van der Waals surface area contributed by atoms with Crippen molar-refractivity contribution in [2.24, 2.45) is 0 Å². The molecule has 0 aliphatic heterocycles. The van der Waals surface area contributed by atoms with E-state index in [0.717, 1.165) is 11.6 Å². The van der Waals surface area contributed by atoms with Crippen LogP contribution in [0.15, 0.2) is 54.7 Å². The largest absolute Gasteiger partial charge is 0.397 e. The summed E-state index contributed by atoms with van der Waals surface area (Å²) in [7, 11) is 0. The molecular formula is C22H16F2N4O. The highest BCUT2D eigenvalue weighted by Gasteiger charge is 2.31. The Morgan fingerprint density at radius 3 is 2.48 bits per heavy atom.